The molecular weight excluding hydrogens is 172 g/mol. The molecule has 78 valence electrons. The molecule has 0 aromatic rings. The van der Waals surface area contributed by atoms with E-state index in [1.165, 1.54) is 0 Å². The Morgan fingerprint density at radius 3 is 2.23 bits per heavy atom. The fourth-order valence-corrected chi connectivity index (χ4v) is 2.03. The standard InChI is InChI=1S/C10H19F2N/c1-8(13-2)10(11,12)9-6-4-3-5-7-9/h8-9,13H,3-7H2,1-2H3. The van der Waals surface area contributed by atoms with Gasteiger partial charge in [0.2, 0.25) is 0 Å². The number of alkyl halides is 2. The van der Waals surface area contributed by atoms with E-state index in [4.69, 9.17) is 0 Å². The van der Waals surface area contributed by atoms with Crippen LogP contribution >= 0.6 is 0 Å². The number of hydrogen-bond donors (Lipinski definition) is 1. The Hall–Kier alpha value is -0.180. The molecule has 0 amide bonds. The number of nitrogens with one attached hydrogen (secondary N) is 1. The quantitative estimate of drug-likeness (QED) is 0.723. The van der Waals surface area contributed by atoms with Gasteiger partial charge in [0.05, 0.1) is 6.04 Å². The van der Waals surface area contributed by atoms with E-state index in [0.29, 0.717) is 12.8 Å². The molecule has 0 heterocycles. The highest BCUT2D eigenvalue weighted by atomic mass is 19.3. The van der Waals surface area contributed by atoms with Crippen LogP contribution in [0.3, 0.4) is 0 Å². The van der Waals surface area contributed by atoms with E-state index >= 15 is 0 Å². The highest BCUT2D eigenvalue weighted by Gasteiger charge is 2.43. The fourth-order valence-electron chi connectivity index (χ4n) is 2.03. The van der Waals surface area contributed by atoms with Gasteiger partial charge in [-0.3, -0.25) is 0 Å². The first kappa shape index (κ1) is 10.9. The van der Waals surface area contributed by atoms with Gasteiger partial charge in [0.25, 0.3) is 5.92 Å². The Morgan fingerprint density at radius 2 is 1.77 bits per heavy atom. The normalized spacial score (nSPS) is 23.1. The summed E-state index contributed by atoms with van der Waals surface area (Å²) >= 11 is 0. The molecule has 0 radical (unpaired) electrons. The van der Waals surface area contributed by atoms with Gasteiger partial charge in [0.1, 0.15) is 0 Å². The summed E-state index contributed by atoms with van der Waals surface area (Å²) in [6.45, 7) is 1.56. The Labute approximate surface area is 78.9 Å². The first-order chi connectivity index (χ1) is 6.09. The summed E-state index contributed by atoms with van der Waals surface area (Å²) in [4.78, 5) is 0. The Kier molecular flexibility index (Phi) is 3.65. The van der Waals surface area contributed by atoms with E-state index in [0.717, 1.165) is 19.3 Å². The van der Waals surface area contributed by atoms with Gasteiger partial charge < -0.3 is 5.32 Å². The lowest BCUT2D eigenvalue weighted by molar-refractivity contribution is -0.0940. The molecule has 1 atom stereocenters. The number of halogens is 2. The molecule has 1 nitrogen and oxygen atoms in total. The predicted octanol–water partition coefficient (Wildman–Crippen LogP) is 2.81. The smallest absolute Gasteiger partial charge is 0.265 e. The van der Waals surface area contributed by atoms with Gasteiger partial charge in [-0.25, -0.2) is 8.78 Å². The van der Waals surface area contributed by atoms with Crippen molar-refractivity contribution in [2.24, 2.45) is 5.92 Å². The van der Waals surface area contributed by atoms with Crippen LogP contribution in [-0.2, 0) is 0 Å². The second-order valence-corrected chi connectivity index (χ2v) is 4.02. The van der Waals surface area contributed by atoms with Crippen molar-refractivity contribution in [2.75, 3.05) is 7.05 Å². The minimum atomic E-state index is -2.53. The predicted molar refractivity (Wildman–Crippen MR) is 50.0 cm³/mol. The molecule has 1 N–H and O–H groups in total. The minimum Gasteiger partial charge on any atom is -0.312 e. The number of hydrogen-bond acceptors (Lipinski definition) is 1. The van der Waals surface area contributed by atoms with Crippen LogP contribution in [0.15, 0.2) is 0 Å². The molecule has 1 aliphatic carbocycles. The summed E-state index contributed by atoms with van der Waals surface area (Å²) in [5.74, 6) is -2.93. The van der Waals surface area contributed by atoms with Gasteiger partial charge in [-0.1, -0.05) is 19.3 Å². The van der Waals surface area contributed by atoms with Crippen LogP contribution < -0.4 is 5.32 Å². The van der Waals surface area contributed by atoms with Gasteiger partial charge in [-0.2, -0.15) is 0 Å². The van der Waals surface area contributed by atoms with Crippen molar-refractivity contribution in [3.8, 4) is 0 Å². The molecule has 1 rings (SSSR count). The third-order valence-corrected chi connectivity index (χ3v) is 3.16. The molecular formula is C10H19F2N. The van der Waals surface area contributed by atoms with Crippen molar-refractivity contribution < 1.29 is 8.78 Å². The monoisotopic (exact) mass is 191 g/mol. The molecule has 1 saturated carbocycles. The molecule has 3 heteroatoms. The maximum atomic E-state index is 13.6. The molecule has 0 aromatic carbocycles. The molecule has 1 unspecified atom stereocenters. The molecule has 1 fully saturated rings. The van der Waals surface area contributed by atoms with Gasteiger partial charge in [-0.05, 0) is 26.8 Å². The van der Waals surface area contributed by atoms with Crippen LogP contribution in [0.25, 0.3) is 0 Å². The van der Waals surface area contributed by atoms with Crippen molar-refractivity contribution in [1.29, 1.82) is 0 Å². The van der Waals surface area contributed by atoms with Crippen molar-refractivity contribution in [1.82, 2.24) is 5.32 Å². The van der Waals surface area contributed by atoms with Crippen molar-refractivity contribution in [2.45, 2.75) is 51.0 Å². The molecule has 0 aromatic heterocycles. The highest BCUT2D eigenvalue weighted by Crippen LogP contribution is 2.38. The zero-order valence-corrected chi connectivity index (χ0v) is 8.45. The van der Waals surface area contributed by atoms with Crippen LogP contribution in [0.2, 0.25) is 0 Å². The summed E-state index contributed by atoms with van der Waals surface area (Å²) in [6, 6.07) is -0.699. The fraction of sp³-hybridized carbons (Fsp3) is 1.00. The Balaban J connectivity index is 2.55. The second-order valence-electron chi connectivity index (χ2n) is 4.02. The van der Waals surface area contributed by atoms with Crippen LogP contribution in [0.4, 0.5) is 8.78 Å². The van der Waals surface area contributed by atoms with E-state index in [2.05, 4.69) is 5.32 Å². The van der Waals surface area contributed by atoms with E-state index < -0.39 is 17.9 Å². The minimum absolute atomic E-state index is 0.399. The number of rotatable bonds is 3. The summed E-state index contributed by atoms with van der Waals surface area (Å²) in [6.07, 6.45) is 4.45. The first-order valence-electron chi connectivity index (χ1n) is 5.14. The highest BCUT2D eigenvalue weighted by molar-refractivity contribution is 4.87. The van der Waals surface area contributed by atoms with E-state index in [1.807, 2.05) is 0 Å². The second kappa shape index (κ2) is 4.36. The van der Waals surface area contributed by atoms with Gasteiger partial charge in [-0.15, -0.1) is 0 Å². The maximum Gasteiger partial charge on any atom is 0.265 e. The maximum absolute atomic E-state index is 13.6. The van der Waals surface area contributed by atoms with Gasteiger partial charge in [0.15, 0.2) is 0 Å². The van der Waals surface area contributed by atoms with Crippen LogP contribution in [0.1, 0.15) is 39.0 Å². The average molecular weight is 191 g/mol. The van der Waals surface area contributed by atoms with Gasteiger partial charge in [0, 0.05) is 5.92 Å². The molecule has 0 spiro atoms. The summed E-state index contributed by atoms with van der Waals surface area (Å²) in [7, 11) is 1.60. The average Bonchev–Trinajstić information content (AvgIpc) is 2.18. The van der Waals surface area contributed by atoms with E-state index in [-0.39, 0.29) is 0 Å². The third kappa shape index (κ3) is 2.39. The SMILES string of the molecule is CNC(C)C(F)(F)C1CCCCC1. The summed E-state index contributed by atoms with van der Waals surface area (Å²) in [5.41, 5.74) is 0. The van der Waals surface area contributed by atoms with Crippen molar-refractivity contribution in [3.05, 3.63) is 0 Å². The molecule has 1 aliphatic rings. The zero-order valence-electron chi connectivity index (χ0n) is 8.45. The van der Waals surface area contributed by atoms with E-state index in [1.54, 1.807) is 14.0 Å². The van der Waals surface area contributed by atoms with Crippen LogP contribution in [0, 0.1) is 5.92 Å². The molecule has 0 bridgehead atoms. The van der Waals surface area contributed by atoms with E-state index in [9.17, 15) is 8.78 Å². The van der Waals surface area contributed by atoms with Crippen LogP contribution in [-0.4, -0.2) is 19.0 Å². The zero-order chi connectivity index (χ0) is 9.90. The molecule has 13 heavy (non-hydrogen) atoms. The lowest BCUT2D eigenvalue weighted by Gasteiger charge is -2.33. The van der Waals surface area contributed by atoms with Crippen LogP contribution in [0.5, 0.6) is 0 Å². The first-order valence-corrected chi connectivity index (χ1v) is 5.14. The Morgan fingerprint density at radius 1 is 1.23 bits per heavy atom. The summed E-state index contributed by atoms with van der Waals surface area (Å²) < 4.78 is 27.3. The molecule has 0 aliphatic heterocycles. The lowest BCUT2D eigenvalue weighted by atomic mass is 9.82. The summed E-state index contributed by atoms with van der Waals surface area (Å²) in [5, 5.41) is 2.65. The topological polar surface area (TPSA) is 12.0 Å². The van der Waals surface area contributed by atoms with Crippen molar-refractivity contribution >= 4 is 0 Å². The third-order valence-electron chi connectivity index (χ3n) is 3.16. The largest absolute Gasteiger partial charge is 0.312 e. The lowest BCUT2D eigenvalue weighted by Crippen LogP contribution is -2.46. The molecule has 0 saturated heterocycles. The van der Waals surface area contributed by atoms with Crippen molar-refractivity contribution in [3.63, 3.8) is 0 Å². The Bertz CT molecular complexity index is 153. The van der Waals surface area contributed by atoms with Gasteiger partial charge >= 0.3 is 0 Å².